The second-order valence-electron chi connectivity index (χ2n) is 5.40. The molecule has 4 heteroatoms. The Labute approximate surface area is 126 Å². The fraction of sp³-hybridized carbons (Fsp3) is 0.562. The van der Waals surface area contributed by atoms with E-state index in [0.717, 1.165) is 31.4 Å². The van der Waals surface area contributed by atoms with Crippen LogP contribution in [-0.2, 0) is 11.2 Å². The van der Waals surface area contributed by atoms with Gasteiger partial charge in [-0.15, -0.1) is 0 Å². The average Bonchev–Trinajstić information content (AvgIpc) is 2.48. The van der Waals surface area contributed by atoms with Gasteiger partial charge in [0.15, 0.2) is 0 Å². The van der Waals surface area contributed by atoms with Crippen LogP contribution in [0.3, 0.4) is 0 Å². The average molecular weight is 293 g/mol. The largest absolute Gasteiger partial charge is 0.396 e. The summed E-state index contributed by atoms with van der Waals surface area (Å²) in [6, 6.07) is 10.2. The van der Waals surface area contributed by atoms with Gasteiger partial charge < -0.3 is 10.0 Å². The number of nitrogens with zero attached hydrogens (tertiary/aromatic N) is 1. The molecule has 20 heavy (non-hydrogen) atoms. The number of aliphatic hydroxyl groups excluding tert-OH is 1. The quantitative estimate of drug-likeness (QED) is 0.818. The lowest BCUT2D eigenvalue weighted by atomic mass is 9.98. The van der Waals surface area contributed by atoms with Crippen LogP contribution in [0, 0.1) is 0 Å². The van der Waals surface area contributed by atoms with Crippen molar-refractivity contribution in [2.45, 2.75) is 43.4 Å². The minimum absolute atomic E-state index is 0.107. The molecule has 110 valence electrons. The zero-order chi connectivity index (χ0) is 14.4. The normalized spacial score (nSPS) is 20.7. The predicted octanol–water partition coefficient (Wildman–Crippen LogP) is 2.29. The molecule has 1 aromatic rings. The van der Waals surface area contributed by atoms with Gasteiger partial charge in [0, 0.05) is 19.2 Å². The Bertz CT molecular complexity index is 422. The molecule has 1 heterocycles. The maximum atomic E-state index is 12.6. The molecular weight excluding hydrogens is 270 g/mol. The van der Waals surface area contributed by atoms with Gasteiger partial charge in [0.1, 0.15) is 0 Å². The number of piperidine rings is 1. The summed E-state index contributed by atoms with van der Waals surface area (Å²) in [7, 11) is 0. The summed E-state index contributed by atoms with van der Waals surface area (Å²) in [6.45, 7) is 0.944. The van der Waals surface area contributed by atoms with Crippen molar-refractivity contribution in [1.29, 1.82) is 0 Å². The summed E-state index contributed by atoms with van der Waals surface area (Å²) >= 11 is 4.50. The molecule has 1 fully saturated rings. The number of amides is 1. The van der Waals surface area contributed by atoms with E-state index in [4.69, 9.17) is 5.11 Å². The van der Waals surface area contributed by atoms with Gasteiger partial charge >= 0.3 is 0 Å². The second-order valence-corrected chi connectivity index (χ2v) is 6.02. The Morgan fingerprint density at radius 1 is 1.35 bits per heavy atom. The summed E-state index contributed by atoms with van der Waals surface area (Å²) < 4.78 is 0. The van der Waals surface area contributed by atoms with Crippen LogP contribution in [0.15, 0.2) is 30.3 Å². The highest BCUT2D eigenvalue weighted by atomic mass is 32.1. The molecule has 0 aromatic heterocycles. The Kier molecular flexibility index (Phi) is 5.92. The molecule has 0 radical (unpaired) electrons. The predicted molar refractivity (Wildman–Crippen MR) is 84.0 cm³/mol. The molecule has 1 aliphatic rings. The standard InChI is InChI=1S/C16H23NO2S/c18-11-9-14-8-4-5-10-17(14)16(19)15(20)12-13-6-2-1-3-7-13/h1-3,6-7,14-15,18,20H,4-5,8-12H2. The van der Waals surface area contributed by atoms with Crippen LogP contribution < -0.4 is 0 Å². The van der Waals surface area contributed by atoms with Crippen molar-refractivity contribution in [3.05, 3.63) is 35.9 Å². The lowest BCUT2D eigenvalue weighted by Gasteiger charge is -2.37. The SMILES string of the molecule is O=C(C(S)Cc1ccccc1)N1CCCCC1CCO. The number of carbonyl (C=O) groups is 1. The van der Waals surface area contributed by atoms with Crippen molar-refractivity contribution < 1.29 is 9.90 Å². The van der Waals surface area contributed by atoms with Gasteiger partial charge in [0.2, 0.25) is 5.91 Å². The van der Waals surface area contributed by atoms with Gasteiger partial charge in [-0.2, -0.15) is 12.6 Å². The molecule has 1 amide bonds. The minimum Gasteiger partial charge on any atom is -0.396 e. The van der Waals surface area contributed by atoms with E-state index in [-0.39, 0.29) is 23.8 Å². The highest BCUT2D eigenvalue weighted by molar-refractivity contribution is 7.81. The third kappa shape index (κ3) is 4.00. The molecule has 0 spiro atoms. The lowest BCUT2D eigenvalue weighted by molar-refractivity contribution is -0.134. The number of benzene rings is 1. The maximum absolute atomic E-state index is 12.6. The van der Waals surface area contributed by atoms with E-state index in [1.54, 1.807) is 0 Å². The molecule has 1 saturated heterocycles. The first-order valence-corrected chi connectivity index (χ1v) is 7.87. The summed E-state index contributed by atoms with van der Waals surface area (Å²) in [5.74, 6) is 0.107. The number of hydrogen-bond donors (Lipinski definition) is 2. The second kappa shape index (κ2) is 7.70. The molecule has 0 bridgehead atoms. The molecule has 1 aliphatic heterocycles. The van der Waals surface area contributed by atoms with Crippen LogP contribution in [0.25, 0.3) is 0 Å². The van der Waals surface area contributed by atoms with Gasteiger partial charge in [-0.1, -0.05) is 30.3 Å². The number of thiol groups is 1. The van der Waals surface area contributed by atoms with Crippen molar-refractivity contribution in [3.63, 3.8) is 0 Å². The fourth-order valence-corrected chi connectivity index (χ4v) is 3.22. The fourth-order valence-electron chi connectivity index (χ4n) is 2.86. The van der Waals surface area contributed by atoms with Gasteiger partial charge in [0.05, 0.1) is 5.25 Å². The first kappa shape index (κ1) is 15.4. The molecule has 3 nitrogen and oxygen atoms in total. The lowest BCUT2D eigenvalue weighted by Crippen LogP contribution is -2.47. The summed E-state index contributed by atoms with van der Waals surface area (Å²) in [4.78, 5) is 14.5. The van der Waals surface area contributed by atoms with E-state index in [1.165, 1.54) is 0 Å². The molecular formula is C16H23NO2S. The van der Waals surface area contributed by atoms with Crippen LogP contribution >= 0.6 is 12.6 Å². The van der Waals surface area contributed by atoms with Crippen LogP contribution in [-0.4, -0.2) is 40.4 Å². The van der Waals surface area contributed by atoms with E-state index < -0.39 is 0 Å². The molecule has 2 rings (SSSR count). The number of carbonyl (C=O) groups excluding carboxylic acids is 1. The zero-order valence-electron chi connectivity index (χ0n) is 11.7. The Morgan fingerprint density at radius 3 is 2.80 bits per heavy atom. The van der Waals surface area contributed by atoms with Crippen molar-refractivity contribution in [1.82, 2.24) is 4.90 Å². The molecule has 0 aliphatic carbocycles. The van der Waals surface area contributed by atoms with Gasteiger partial charge in [-0.3, -0.25) is 4.79 Å². The molecule has 0 saturated carbocycles. The van der Waals surface area contributed by atoms with Gasteiger partial charge in [0.25, 0.3) is 0 Å². The Balaban J connectivity index is 1.97. The number of likely N-dealkylation sites (tertiary alicyclic amines) is 1. The first-order chi connectivity index (χ1) is 9.72. The first-order valence-electron chi connectivity index (χ1n) is 7.35. The number of hydrogen-bond acceptors (Lipinski definition) is 3. The van der Waals surface area contributed by atoms with Crippen molar-refractivity contribution in [2.24, 2.45) is 0 Å². The Hall–Kier alpha value is -1.00. The van der Waals surface area contributed by atoms with Crippen molar-refractivity contribution >= 4 is 18.5 Å². The number of aliphatic hydroxyl groups is 1. The molecule has 1 aromatic carbocycles. The molecule has 1 N–H and O–H groups in total. The third-order valence-corrected chi connectivity index (χ3v) is 4.33. The van der Waals surface area contributed by atoms with Crippen molar-refractivity contribution in [2.75, 3.05) is 13.2 Å². The maximum Gasteiger partial charge on any atom is 0.236 e. The van der Waals surface area contributed by atoms with E-state index in [0.29, 0.717) is 12.8 Å². The van der Waals surface area contributed by atoms with Crippen LogP contribution in [0.2, 0.25) is 0 Å². The summed E-state index contributed by atoms with van der Waals surface area (Å²) in [5.41, 5.74) is 1.14. The molecule has 2 unspecified atom stereocenters. The highest BCUT2D eigenvalue weighted by Crippen LogP contribution is 2.22. The van der Waals surface area contributed by atoms with E-state index in [2.05, 4.69) is 12.6 Å². The molecule has 2 atom stereocenters. The zero-order valence-corrected chi connectivity index (χ0v) is 12.6. The van der Waals surface area contributed by atoms with E-state index >= 15 is 0 Å². The summed E-state index contributed by atoms with van der Waals surface area (Å²) in [6.07, 6.45) is 4.53. The monoisotopic (exact) mass is 293 g/mol. The van der Waals surface area contributed by atoms with Crippen LogP contribution in [0.1, 0.15) is 31.2 Å². The number of rotatable bonds is 5. The smallest absolute Gasteiger partial charge is 0.236 e. The van der Waals surface area contributed by atoms with Crippen molar-refractivity contribution in [3.8, 4) is 0 Å². The van der Waals surface area contributed by atoms with E-state index in [1.807, 2.05) is 35.2 Å². The van der Waals surface area contributed by atoms with Gasteiger partial charge in [-0.05, 0) is 37.7 Å². The summed E-state index contributed by atoms with van der Waals surface area (Å²) in [5, 5.41) is 8.84. The highest BCUT2D eigenvalue weighted by Gasteiger charge is 2.29. The minimum atomic E-state index is -0.295. The van der Waals surface area contributed by atoms with Crippen LogP contribution in [0.5, 0.6) is 0 Å². The third-order valence-electron chi connectivity index (χ3n) is 3.93. The van der Waals surface area contributed by atoms with E-state index in [9.17, 15) is 4.79 Å². The van der Waals surface area contributed by atoms with Crippen LogP contribution in [0.4, 0.5) is 0 Å². The van der Waals surface area contributed by atoms with Gasteiger partial charge in [-0.25, -0.2) is 0 Å². The topological polar surface area (TPSA) is 40.5 Å². The Morgan fingerprint density at radius 2 is 2.10 bits per heavy atom.